The summed E-state index contributed by atoms with van der Waals surface area (Å²) in [6.07, 6.45) is 5.27. The van der Waals surface area contributed by atoms with Crippen LogP contribution in [-0.2, 0) is 9.47 Å². The summed E-state index contributed by atoms with van der Waals surface area (Å²) in [5.41, 5.74) is 0. The normalized spacial score (nSPS) is 35.1. The Balaban J connectivity index is 2.11. The van der Waals surface area contributed by atoms with Crippen molar-refractivity contribution in [1.82, 2.24) is 4.90 Å². The summed E-state index contributed by atoms with van der Waals surface area (Å²) in [5.74, 6) is 2.24. The lowest BCUT2D eigenvalue weighted by Gasteiger charge is -2.34. The third-order valence-corrected chi connectivity index (χ3v) is 3.46. The number of likely N-dealkylation sites (tertiary alicyclic amines) is 1. The highest BCUT2D eigenvalue weighted by molar-refractivity contribution is 5.70. The molecular weight excluding hydrogens is 232 g/mol. The highest BCUT2D eigenvalue weighted by Crippen LogP contribution is 2.44. The summed E-state index contributed by atoms with van der Waals surface area (Å²) >= 11 is 0. The Kier molecular flexibility index (Phi) is 3.20. The van der Waals surface area contributed by atoms with Gasteiger partial charge < -0.3 is 9.47 Å². The molecule has 0 unspecified atom stereocenters. The molecule has 6 heteroatoms. The smallest absolute Gasteiger partial charge is 0.410 e. The van der Waals surface area contributed by atoms with Gasteiger partial charge in [-0.05, 0) is 12.8 Å². The van der Waals surface area contributed by atoms with Crippen molar-refractivity contribution in [3.8, 4) is 12.3 Å². The summed E-state index contributed by atoms with van der Waals surface area (Å²) < 4.78 is 33.5. The molecule has 1 aliphatic carbocycles. The molecular formula is C11H13F2NO3. The minimum atomic E-state index is -2.80. The molecule has 0 aromatic heterocycles. The van der Waals surface area contributed by atoms with Gasteiger partial charge >= 0.3 is 12.7 Å². The van der Waals surface area contributed by atoms with E-state index in [1.807, 2.05) is 0 Å². The van der Waals surface area contributed by atoms with Gasteiger partial charge in [0.1, 0.15) is 6.04 Å². The first-order valence-electron chi connectivity index (χ1n) is 5.34. The third kappa shape index (κ3) is 1.95. The maximum absolute atomic E-state index is 12.2. The zero-order chi connectivity index (χ0) is 12.6. The van der Waals surface area contributed by atoms with Crippen molar-refractivity contribution in [3.63, 3.8) is 0 Å². The minimum Gasteiger partial charge on any atom is -0.453 e. The Hall–Kier alpha value is -1.35. The highest BCUT2D eigenvalue weighted by atomic mass is 19.3. The quantitative estimate of drug-likeness (QED) is 0.691. The fourth-order valence-electron chi connectivity index (χ4n) is 2.86. The predicted octanol–water partition coefficient (Wildman–Crippen LogP) is 1.46. The zero-order valence-electron chi connectivity index (χ0n) is 9.31. The first kappa shape index (κ1) is 12.1. The van der Waals surface area contributed by atoms with E-state index >= 15 is 0 Å². The molecule has 1 heterocycles. The first-order valence-corrected chi connectivity index (χ1v) is 5.34. The fourth-order valence-corrected chi connectivity index (χ4v) is 2.86. The number of amides is 1. The molecule has 1 saturated carbocycles. The molecule has 94 valence electrons. The van der Waals surface area contributed by atoms with E-state index in [9.17, 15) is 13.6 Å². The van der Waals surface area contributed by atoms with Crippen LogP contribution in [0, 0.1) is 18.3 Å². The number of nitrogens with zero attached hydrogens (tertiary/aromatic N) is 1. The van der Waals surface area contributed by atoms with Crippen LogP contribution in [0.15, 0.2) is 0 Å². The topological polar surface area (TPSA) is 38.8 Å². The van der Waals surface area contributed by atoms with E-state index < -0.39 is 24.9 Å². The van der Waals surface area contributed by atoms with E-state index in [4.69, 9.17) is 6.42 Å². The van der Waals surface area contributed by atoms with Crippen molar-refractivity contribution in [2.24, 2.45) is 5.92 Å². The van der Waals surface area contributed by atoms with Gasteiger partial charge in [0.05, 0.1) is 13.2 Å². The molecule has 0 aromatic carbocycles. The molecule has 1 amide bonds. The number of halogens is 2. The van der Waals surface area contributed by atoms with Crippen LogP contribution in [0.5, 0.6) is 0 Å². The van der Waals surface area contributed by atoms with Gasteiger partial charge in [-0.3, -0.25) is 4.90 Å². The van der Waals surface area contributed by atoms with Gasteiger partial charge in [0.25, 0.3) is 0 Å². The van der Waals surface area contributed by atoms with Crippen LogP contribution in [0.4, 0.5) is 13.6 Å². The second-order valence-electron chi connectivity index (χ2n) is 4.21. The largest absolute Gasteiger partial charge is 0.453 e. The standard InChI is InChI=1S/C11H13F2NO3/c1-3-8-7-4-6(14(8)11(15)16-2)5-9(7)17-10(12)13/h1,6-10H,4-5H2,2H3/t6-,7-,8+,9+/m1/s1. The number of methoxy groups -OCH3 is 1. The van der Waals surface area contributed by atoms with E-state index in [0.29, 0.717) is 12.8 Å². The van der Waals surface area contributed by atoms with Crippen LogP contribution in [0.2, 0.25) is 0 Å². The van der Waals surface area contributed by atoms with Gasteiger partial charge in [-0.15, -0.1) is 6.42 Å². The molecule has 0 aromatic rings. The molecule has 4 atom stereocenters. The maximum Gasteiger partial charge on any atom is 0.410 e. The Bertz CT molecular complexity index is 355. The molecule has 2 aliphatic rings. The average Bonchev–Trinajstić information content (AvgIpc) is 2.83. The van der Waals surface area contributed by atoms with Crippen molar-refractivity contribution < 1.29 is 23.0 Å². The van der Waals surface area contributed by atoms with Gasteiger partial charge in [-0.25, -0.2) is 4.79 Å². The number of carbonyl (C=O) groups excluding carboxylic acids is 1. The van der Waals surface area contributed by atoms with Crippen LogP contribution >= 0.6 is 0 Å². The van der Waals surface area contributed by atoms with Gasteiger partial charge in [0, 0.05) is 12.0 Å². The summed E-state index contributed by atoms with van der Waals surface area (Å²) in [4.78, 5) is 13.0. The molecule has 0 N–H and O–H groups in total. The predicted molar refractivity (Wildman–Crippen MR) is 54.3 cm³/mol. The summed E-state index contributed by atoms with van der Waals surface area (Å²) in [6.45, 7) is -2.80. The molecule has 4 nitrogen and oxygen atoms in total. The third-order valence-electron chi connectivity index (χ3n) is 3.46. The second kappa shape index (κ2) is 4.49. The molecule has 1 aliphatic heterocycles. The van der Waals surface area contributed by atoms with Crippen LogP contribution in [0.3, 0.4) is 0 Å². The van der Waals surface area contributed by atoms with Crippen molar-refractivity contribution in [2.45, 2.75) is 37.6 Å². The van der Waals surface area contributed by atoms with Crippen LogP contribution in [0.1, 0.15) is 12.8 Å². The number of fused-ring (bicyclic) bond motifs is 2. The lowest BCUT2D eigenvalue weighted by Crippen LogP contribution is -2.49. The molecule has 2 bridgehead atoms. The number of carbonyl (C=O) groups is 1. The van der Waals surface area contributed by atoms with E-state index in [1.165, 1.54) is 12.0 Å². The van der Waals surface area contributed by atoms with E-state index in [2.05, 4.69) is 15.4 Å². The second-order valence-corrected chi connectivity index (χ2v) is 4.21. The molecule has 2 fully saturated rings. The Labute approximate surface area is 97.9 Å². The summed E-state index contributed by atoms with van der Waals surface area (Å²) in [5, 5.41) is 0. The van der Waals surface area contributed by atoms with Gasteiger partial charge in [-0.1, -0.05) is 5.92 Å². The number of hydrogen-bond acceptors (Lipinski definition) is 3. The van der Waals surface area contributed by atoms with Crippen molar-refractivity contribution in [1.29, 1.82) is 0 Å². The number of rotatable bonds is 2. The van der Waals surface area contributed by atoms with Crippen LogP contribution < -0.4 is 0 Å². The van der Waals surface area contributed by atoms with E-state index in [0.717, 1.165) is 0 Å². The lowest BCUT2D eigenvalue weighted by molar-refractivity contribution is -0.178. The Morgan fingerprint density at radius 2 is 2.24 bits per heavy atom. The van der Waals surface area contributed by atoms with Gasteiger partial charge in [0.2, 0.25) is 0 Å². The molecule has 1 saturated heterocycles. The minimum absolute atomic E-state index is 0.155. The highest BCUT2D eigenvalue weighted by Gasteiger charge is 2.54. The Morgan fingerprint density at radius 3 is 2.76 bits per heavy atom. The summed E-state index contributed by atoms with van der Waals surface area (Å²) in [6, 6.07) is -0.665. The first-order chi connectivity index (χ1) is 8.08. The molecule has 0 spiro atoms. The van der Waals surface area contributed by atoms with Gasteiger partial charge in [-0.2, -0.15) is 8.78 Å². The van der Waals surface area contributed by atoms with Crippen molar-refractivity contribution in [2.75, 3.05) is 7.11 Å². The fraction of sp³-hybridized carbons (Fsp3) is 0.727. The maximum atomic E-state index is 12.2. The van der Waals surface area contributed by atoms with E-state index in [-0.39, 0.29) is 12.0 Å². The van der Waals surface area contributed by atoms with Crippen LogP contribution in [0.25, 0.3) is 0 Å². The Morgan fingerprint density at radius 1 is 1.53 bits per heavy atom. The average molecular weight is 245 g/mol. The monoisotopic (exact) mass is 245 g/mol. The molecule has 2 rings (SSSR count). The van der Waals surface area contributed by atoms with Crippen LogP contribution in [-0.4, -0.2) is 42.9 Å². The lowest BCUT2D eigenvalue weighted by atomic mass is 9.97. The summed E-state index contributed by atoms with van der Waals surface area (Å²) in [7, 11) is 1.27. The number of piperidine rings is 1. The van der Waals surface area contributed by atoms with Gasteiger partial charge in [0.15, 0.2) is 0 Å². The number of ether oxygens (including phenoxy) is 2. The zero-order valence-corrected chi connectivity index (χ0v) is 9.31. The number of alkyl halides is 2. The molecule has 17 heavy (non-hydrogen) atoms. The molecule has 0 radical (unpaired) electrons. The number of hydrogen-bond donors (Lipinski definition) is 0. The number of terminal acetylenes is 1. The SMILES string of the molecule is C#C[C@H]1[C@H]2C[C@H](C[C@@H]2OC(F)F)N1C(=O)OC. The van der Waals surface area contributed by atoms with Crippen molar-refractivity contribution >= 4 is 6.09 Å². The van der Waals surface area contributed by atoms with E-state index in [1.54, 1.807) is 0 Å². The van der Waals surface area contributed by atoms with Crippen molar-refractivity contribution in [3.05, 3.63) is 0 Å².